The van der Waals surface area contributed by atoms with E-state index in [0.717, 1.165) is 16.9 Å². The van der Waals surface area contributed by atoms with E-state index in [9.17, 15) is 4.79 Å². The Labute approximate surface area is 114 Å². The third-order valence-corrected chi connectivity index (χ3v) is 3.19. The van der Waals surface area contributed by atoms with Gasteiger partial charge in [-0.1, -0.05) is 33.8 Å². The van der Waals surface area contributed by atoms with E-state index < -0.39 is 0 Å². The number of nitrogens with zero attached hydrogens (tertiary/aromatic N) is 2. The molecule has 0 saturated heterocycles. The summed E-state index contributed by atoms with van der Waals surface area (Å²) in [6, 6.07) is 5.93. The van der Waals surface area contributed by atoms with E-state index in [1.807, 2.05) is 41.9 Å². The molecule has 0 radical (unpaired) electrons. The van der Waals surface area contributed by atoms with Crippen molar-refractivity contribution >= 4 is 11.4 Å². The molecular formula is C16H21N2O+. The van der Waals surface area contributed by atoms with E-state index in [-0.39, 0.29) is 11.2 Å². The van der Waals surface area contributed by atoms with Gasteiger partial charge in [0.15, 0.2) is 5.69 Å². The van der Waals surface area contributed by atoms with E-state index in [4.69, 9.17) is 4.98 Å². The lowest BCUT2D eigenvalue weighted by Crippen LogP contribution is -2.28. The monoisotopic (exact) mass is 257 g/mol. The quantitative estimate of drug-likeness (QED) is 0.792. The normalized spacial score (nSPS) is 11.8. The summed E-state index contributed by atoms with van der Waals surface area (Å²) in [4.78, 5) is 16.5. The molecule has 0 spiro atoms. The van der Waals surface area contributed by atoms with Crippen LogP contribution in [0.25, 0.3) is 5.65 Å². The molecule has 2 aromatic heterocycles. The molecule has 19 heavy (non-hydrogen) atoms. The molecule has 3 nitrogen and oxygen atoms in total. The van der Waals surface area contributed by atoms with Crippen molar-refractivity contribution in [3.63, 3.8) is 0 Å². The third kappa shape index (κ3) is 2.98. The van der Waals surface area contributed by atoms with Crippen LogP contribution in [0.5, 0.6) is 0 Å². The minimum Gasteiger partial charge on any atom is -0.299 e. The molecule has 0 bridgehead atoms. The van der Waals surface area contributed by atoms with Gasteiger partial charge in [0, 0.05) is 29.9 Å². The second-order valence-corrected chi connectivity index (χ2v) is 5.90. The fraction of sp³-hybridized carbons (Fsp3) is 0.438. The Morgan fingerprint density at radius 2 is 2.05 bits per heavy atom. The van der Waals surface area contributed by atoms with Crippen LogP contribution in [0.4, 0.5) is 0 Å². The van der Waals surface area contributed by atoms with E-state index in [1.165, 1.54) is 0 Å². The lowest BCUT2D eigenvalue weighted by molar-refractivity contribution is -0.515. The number of carbonyl (C=O) groups excluding carboxylic acids is 1. The molecule has 0 amide bonds. The Bertz CT molecular complexity index is 612. The molecule has 2 heterocycles. The predicted molar refractivity (Wildman–Crippen MR) is 75.1 cm³/mol. The Morgan fingerprint density at radius 3 is 2.68 bits per heavy atom. The first-order chi connectivity index (χ1) is 8.91. The number of hydrogen-bond donors (Lipinski definition) is 0. The number of rotatable bonds is 3. The van der Waals surface area contributed by atoms with Gasteiger partial charge in [-0.3, -0.25) is 4.79 Å². The smallest absolute Gasteiger partial charge is 0.299 e. The molecule has 0 atom stereocenters. The van der Waals surface area contributed by atoms with Crippen LogP contribution in [0.3, 0.4) is 0 Å². The molecule has 100 valence electrons. The number of pyridine rings is 1. The van der Waals surface area contributed by atoms with Crippen molar-refractivity contribution in [2.75, 3.05) is 0 Å². The van der Waals surface area contributed by atoms with E-state index in [1.54, 1.807) is 0 Å². The molecule has 0 aliphatic heterocycles. The Balaban J connectivity index is 2.60. The van der Waals surface area contributed by atoms with Crippen molar-refractivity contribution in [2.24, 2.45) is 0 Å². The number of carbonyl (C=O) groups is 1. The summed E-state index contributed by atoms with van der Waals surface area (Å²) in [5.41, 5.74) is 2.90. The van der Waals surface area contributed by atoms with Crippen LogP contribution in [0, 0.1) is 0 Å². The van der Waals surface area contributed by atoms with Gasteiger partial charge in [0.25, 0.3) is 0 Å². The third-order valence-electron chi connectivity index (χ3n) is 3.19. The van der Waals surface area contributed by atoms with Crippen molar-refractivity contribution in [1.29, 1.82) is 0 Å². The number of hydrogen-bond acceptors (Lipinski definition) is 2. The van der Waals surface area contributed by atoms with Gasteiger partial charge in [-0.25, -0.2) is 4.40 Å². The second-order valence-electron chi connectivity index (χ2n) is 5.90. The summed E-state index contributed by atoms with van der Waals surface area (Å²) in [7, 11) is 0. The maximum absolute atomic E-state index is 11.8. The minimum absolute atomic E-state index is 0.0616. The fourth-order valence-electron chi connectivity index (χ4n) is 2.18. The van der Waals surface area contributed by atoms with Gasteiger partial charge in [0.05, 0.1) is 6.20 Å². The largest absolute Gasteiger partial charge is 0.327 e. The molecule has 0 N–H and O–H groups in total. The first kappa shape index (κ1) is 13.7. The number of ketones is 1. The van der Waals surface area contributed by atoms with Gasteiger partial charge in [-0.2, -0.15) is 0 Å². The summed E-state index contributed by atoms with van der Waals surface area (Å²) in [6.07, 6.45) is 5.04. The van der Waals surface area contributed by atoms with Crippen molar-refractivity contribution in [1.82, 2.24) is 4.98 Å². The molecule has 0 aromatic carbocycles. The van der Waals surface area contributed by atoms with Crippen LogP contribution >= 0.6 is 0 Å². The lowest BCUT2D eigenvalue weighted by atomic mass is 9.87. The van der Waals surface area contributed by atoms with E-state index >= 15 is 0 Å². The average molecular weight is 257 g/mol. The maximum atomic E-state index is 11.8. The first-order valence-corrected chi connectivity index (χ1v) is 6.74. The topological polar surface area (TPSA) is 34.1 Å². The van der Waals surface area contributed by atoms with Gasteiger partial charge in [-0.05, 0) is 11.1 Å². The molecule has 0 saturated carbocycles. The standard InChI is InChI=1S/C16H21N2O/c1-5-13(19)10-12-11-18-9-7-6-8-14(18)17-15(12)16(2,3)4/h6-9,11H,5,10H2,1-4H3/q+1. The first-order valence-electron chi connectivity index (χ1n) is 6.74. The lowest BCUT2D eigenvalue weighted by Gasteiger charge is -2.16. The number of fused-ring (bicyclic) bond motifs is 1. The van der Waals surface area contributed by atoms with Crippen LogP contribution in [0.2, 0.25) is 0 Å². The van der Waals surface area contributed by atoms with Crippen LogP contribution in [-0.4, -0.2) is 10.8 Å². The summed E-state index contributed by atoms with van der Waals surface area (Å²) in [5, 5.41) is 0. The van der Waals surface area contributed by atoms with Gasteiger partial charge in [0.2, 0.25) is 0 Å². The highest BCUT2D eigenvalue weighted by molar-refractivity contribution is 5.80. The van der Waals surface area contributed by atoms with Gasteiger partial charge < -0.3 is 0 Å². The highest BCUT2D eigenvalue weighted by Gasteiger charge is 2.27. The van der Waals surface area contributed by atoms with Crippen LogP contribution in [0.15, 0.2) is 30.6 Å². The number of aromatic nitrogens is 2. The highest BCUT2D eigenvalue weighted by atomic mass is 16.1. The Kier molecular flexibility index (Phi) is 3.65. The van der Waals surface area contributed by atoms with Crippen molar-refractivity contribution in [3.8, 4) is 0 Å². The molecule has 0 aliphatic carbocycles. The van der Waals surface area contributed by atoms with Gasteiger partial charge in [-0.15, -0.1) is 0 Å². The molecular weight excluding hydrogens is 236 g/mol. The van der Waals surface area contributed by atoms with E-state index in [0.29, 0.717) is 12.8 Å². The predicted octanol–water partition coefficient (Wildman–Crippen LogP) is 2.64. The zero-order valence-corrected chi connectivity index (χ0v) is 12.1. The van der Waals surface area contributed by atoms with Crippen molar-refractivity contribution < 1.29 is 9.20 Å². The molecule has 0 fully saturated rings. The molecule has 0 unspecified atom stereocenters. The summed E-state index contributed by atoms with van der Waals surface area (Å²) >= 11 is 0. The van der Waals surface area contributed by atoms with Gasteiger partial charge in [0.1, 0.15) is 12.0 Å². The molecule has 2 aromatic rings. The SMILES string of the molecule is CCC(=O)Cc1c[n+]2ccccc2nc1C(C)(C)C. The average Bonchev–Trinajstić information content (AvgIpc) is 2.36. The van der Waals surface area contributed by atoms with Crippen molar-refractivity contribution in [2.45, 2.75) is 46.0 Å². The Hall–Kier alpha value is -1.77. The van der Waals surface area contributed by atoms with Crippen LogP contribution in [0.1, 0.15) is 45.4 Å². The number of Topliss-reactive ketones (excluding diaryl/α,β-unsaturated/α-hetero) is 1. The van der Waals surface area contributed by atoms with Crippen LogP contribution in [-0.2, 0) is 16.6 Å². The zero-order chi connectivity index (χ0) is 14.0. The molecule has 0 aliphatic rings. The molecule has 2 rings (SSSR count). The Morgan fingerprint density at radius 1 is 1.32 bits per heavy atom. The summed E-state index contributed by atoms with van der Waals surface area (Å²) in [6.45, 7) is 8.30. The van der Waals surface area contributed by atoms with Gasteiger partial charge >= 0.3 is 5.65 Å². The minimum atomic E-state index is -0.0616. The zero-order valence-electron chi connectivity index (χ0n) is 12.1. The van der Waals surface area contributed by atoms with Crippen molar-refractivity contribution in [3.05, 3.63) is 41.9 Å². The fourth-order valence-corrected chi connectivity index (χ4v) is 2.18. The maximum Gasteiger partial charge on any atom is 0.327 e. The summed E-state index contributed by atoms with van der Waals surface area (Å²) < 4.78 is 1.98. The highest BCUT2D eigenvalue weighted by Crippen LogP contribution is 2.24. The van der Waals surface area contributed by atoms with Crippen LogP contribution < -0.4 is 4.40 Å². The molecule has 3 heteroatoms. The van der Waals surface area contributed by atoms with E-state index in [2.05, 4.69) is 20.8 Å². The summed E-state index contributed by atoms with van der Waals surface area (Å²) in [5.74, 6) is 0.253. The second kappa shape index (κ2) is 5.08.